The Hall–Kier alpha value is -1.82. The van der Waals surface area contributed by atoms with Crippen LogP contribution in [0.3, 0.4) is 0 Å². The van der Waals surface area contributed by atoms with Crippen LogP contribution in [0.5, 0.6) is 0 Å². The van der Waals surface area contributed by atoms with E-state index in [-0.39, 0.29) is 10.9 Å². The van der Waals surface area contributed by atoms with Gasteiger partial charge in [-0.05, 0) is 18.2 Å². The zero-order valence-corrected chi connectivity index (χ0v) is 13.1. The van der Waals surface area contributed by atoms with Gasteiger partial charge in [-0.2, -0.15) is 0 Å². The lowest BCUT2D eigenvalue weighted by Crippen LogP contribution is -2.22. The molecule has 0 aliphatic heterocycles. The Morgan fingerprint density at radius 3 is 2.41 bits per heavy atom. The van der Waals surface area contributed by atoms with Gasteiger partial charge in [0.25, 0.3) is 0 Å². The first-order valence-electron chi connectivity index (χ1n) is 6.98. The molecule has 2 aromatic rings. The standard InChI is InChI=1S/C17H19NO3S/c1-12(19)22-11-16(20)17(21)14-9-5-6-10-15(14)18-13-7-3-2-4-8-13/h2-10,16-18,20-21H,11H2,1H3. The Balaban J connectivity index is 2.15. The van der Waals surface area contributed by atoms with Crippen molar-refractivity contribution in [3.63, 3.8) is 0 Å². The highest BCUT2D eigenvalue weighted by Crippen LogP contribution is 2.29. The maximum atomic E-state index is 11.0. The third-order valence-electron chi connectivity index (χ3n) is 3.15. The fraction of sp³-hybridized carbons (Fsp3) is 0.235. The number of rotatable bonds is 6. The third-order valence-corrected chi connectivity index (χ3v) is 4.07. The predicted molar refractivity (Wildman–Crippen MR) is 90.3 cm³/mol. The first-order chi connectivity index (χ1) is 10.6. The van der Waals surface area contributed by atoms with Crippen LogP contribution in [-0.2, 0) is 4.79 Å². The topological polar surface area (TPSA) is 69.6 Å². The number of carbonyl (C=O) groups excluding carboxylic acids is 1. The average molecular weight is 317 g/mol. The summed E-state index contributed by atoms with van der Waals surface area (Å²) in [6.45, 7) is 1.44. The van der Waals surface area contributed by atoms with Crippen LogP contribution in [0.25, 0.3) is 0 Å². The van der Waals surface area contributed by atoms with Crippen molar-refractivity contribution in [3.8, 4) is 0 Å². The van der Waals surface area contributed by atoms with Gasteiger partial charge in [-0.15, -0.1) is 0 Å². The van der Waals surface area contributed by atoms with Gasteiger partial charge in [0.2, 0.25) is 0 Å². The van der Waals surface area contributed by atoms with Gasteiger partial charge in [0, 0.05) is 29.6 Å². The quantitative estimate of drug-likeness (QED) is 0.764. The van der Waals surface area contributed by atoms with Crippen molar-refractivity contribution in [2.24, 2.45) is 0 Å². The molecule has 0 amide bonds. The van der Waals surface area contributed by atoms with E-state index < -0.39 is 12.2 Å². The summed E-state index contributed by atoms with van der Waals surface area (Å²) in [5, 5.41) is 23.6. The highest BCUT2D eigenvalue weighted by molar-refractivity contribution is 8.13. The van der Waals surface area contributed by atoms with Crippen molar-refractivity contribution < 1.29 is 15.0 Å². The van der Waals surface area contributed by atoms with Crippen LogP contribution in [0, 0.1) is 0 Å². The van der Waals surface area contributed by atoms with Gasteiger partial charge in [-0.25, -0.2) is 0 Å². The normalized spacial score (nSPS) is 13.4. The molecule has 0 saturated carbocycles. The molecule has 0 radical (unpaired) electrons. The van der Waals surface area contributed by atoms with Crippen molar-refractivity contribution >= 4 is 28.3 Å². The third kappa shape index (κ3) is 4.59. The minimum absolute atomic E-state index is 0.0815. The molecule has 3 N–H and O–H groups in total. The molecular formula is C17H19NO3S. The summed E-state index contributed by atoms with van der Waals surface area (Å²) in [6, 6.07) is 16.9. The van der Waals surface area contributed by atoms with E-state index in [0.29, 0.717) is 5.56 Å². The lowest BCUT2D eigenvalue weighted by Gasteiger charge is -2.21. The molecule has 2 atom stereocenters. The summed E-state index contributed by atoms with van der Waals surface area (Å²) in [5.41, 5.74) is 2.23. The molecule has 22 heavy (non-hydrogen) atoms. The molecule has 0 saturated heterocycles. The molecule has 2 aromatic carbocycles. The van der Waals surface area contributed by atoms with Gasteiger partial charge in [-0.3, -0.25) is 4.79 Å². The highest BCUT2D eigenvalue weighted by Gasteiger charge is 2.21. The molecule has 0 aliphatic carbocycles. The monoisotopic (exact) mass is 317 g/mol. The molecule has 5 heteroatoms. The van der Waals surface area contributed by atoms with Crippen LogP contribution in [0.4, 0.5) is 11.4 Å². The zero-order chi connectivity index (χ0) is 15.9. The predicted octanol–water partition coefficient (Wildman–Crippen LogP) is 3.10. The summed E-state index contributed by atoms with van der Waals surface area (Å²) in [4.78, 5) is 11.0. The lowest BCUT2D eigenvalue weighted by atomic mass is 10.0. The highest BCUT2D eigenvalue weighted by atomic mass is 32.2. The fourth-order valence-corrected chi connectivity index (χ4v) is 2.63. The number of carbonyl (C=O) groups is 1. The second-order valence-electron chi connectivity index (χ2n) is 4.89. The summed E-state index contributed by atoms with van der Waals surface area (Å²) in [7, 11) is 0. The number of benzene rings is 2. The molecule has 2 unspecified atom stereocenters. The second-order valence-corrected chi connectivity index (χ2v) is 6.09. The fourth-order valence-electron chi connectivity index (χ4n) is 2.05. The number of aliphatic hydroxyl groups excluding tert-OH is 2. The minimum Gasteiger partial charge on any atom is -0.389 e. The van der Waals surface area contributed by atoms with E-state index in [1.54, 1.807) is 12.1 Å². The molecule has 2 rings (SSSR count). The van der Waals surface area contributed by atoms with E-state index in [2.05, 4.69) is 5.32 Å². The second kappa shape index (κ2) is 7.98. The van der Waals surface area contributed by atoms with Crippen LogP contribution in [-0.4, -0.2) is 27.2 Å². The summed E-state index contributed by atoms with van der Waals surface area (Å²) < 4.78 is 0. The molecule has 0 bridgehead atoms. The molecule has 0 aromatic heterocycles. The Morgan fingerprint density at radius 1 is 1.09 bits per heavy atom. The first-order valence-corrected chi connectivity index (χ1v) is 7.97. The Labute approximate surface area is 134 Å². The van der Waals surface area contributed by atoms with Crippen molar-refractivity contribution in [2.45, 2.75) is 19.1 Å². The molecular weight excluding hydrogens is 298 g/mol. The van der Waals surface area contributed by atoms with Crippen LogP contribution in [0.1, 0.15) is 18.6 Å². The number of anilines is 2. The molecule has 116 valence electrons. The lowest BCUT2D eigenvalue weighted by molar-refractivity contribution is -0.109. The average Bonchev–Trinajstić information content (AvgIpc) is 2.53. The molecule has 0 spiro atoms. The van der Waals surface area contributed by atoms with Gasteiger partial charge in [0.15, 0.2) is 5.12 Å². The summed E-state index contributed by atoms with van der Waals surface area (Å²) in [6.07, 6.45) is -2.06. The van der Waals surface area contributed by atoms with E-state index in [0.717, 1.165) is 23.1 Å². The van der Waals surface area contributed by atoms with Crippen molar-refractivity contribution in [2.75, 3.05) is 11.1 Å². The van der Waals surface area contributed by atoms with Crippen molar-refractivity contribution in [1.29, 1.82) is 0 Å². The maximum absolute atomic E-state index is 11.0. The summed E-state index contributed by atoms with van der Waals surface area (Å²) >= 11 is 1.00. The van der Waals surface area contributed by atoms with E-state index in [4.69, 9.17) is 0 Å². The number of aliphatic hydroxyl groups is 2. The van der Waals surface area contributed by atoms with E-state index in [1.807, 2.05) is 42.5 Å². The van der Waals surface area contributed by atoms with Crippen LogP contribution < -0.4 is 5.32 Å². The van der Waals surface area contributed by atoms with E-state index in [1.165, 1.54) is 6.92 Å². The smallest absolute Gasteiger partial charge is 0.185 e. The van der Waals surface area contributed by atoms with Gasteiger partial charge in [0.1, 0.15) is 6.10 Å². The largest absolute Gasteiger partial charge is 0.389 e. The van der Waals surface area contributed by atoms with Crippen LogP contribution in [0.2, 0.25) is 0 Å². The van der Waals surface area contributed by atoms with E-state index >= 15 is 0 Å². The van der Waals surface area contributed by atoms with Crippen LogP contribution in [0.15, 0.2) is 54.6 Å². The van der Waals surface area contributed by atoms with Gasteiger partial charge < -0.3 is 15.5 Å². The van der Waals surface area contributed by atoms with Crippen LogP contribution >= 0.6 is 11.8 Å². The number of nitrogens with one attached hydrogen (secondary N) is 1. The summed E-state index contributed by atoms with van der Waals surface area (Å²) in [5.74, 6) is 0.163. The van der Waals surface area contributed by atoms with Gasteiger partial charge in [0.05, 0.1) is 6.10 Å². The number of para-hydroxylation sites is 2. The van der Waals surface area contributed by atoms with E-state index in [9.17, 15) is 15.0 Å². The molecule has 0 heterocycles. The first kappa shape index (κ1) is 16.5. The SMILES string of the molecule is CC(=O)SCC(O)C(O)c1ccccc1Nc1ccccc1. The zero-order valence-electron chi connectivity index (χ0n) is 12.3. The molecule has 4 nitrogen and oxygen atoms in total. The maximum Gasteiger partial charge on any atom is 0.185 e. The Kier molecular flexibility index (Phi) is 6.00. The molecule has 0 aliphatic rings. The Morgan fingerprint density at radius 2 is 1.73 bits per heavy atom. The number of hydrogen-bond acceptors (Lipinski definition) is 5. The van der Waals surface area contributed by atoms with Gasteiger partial charge >= 0.3 is 0 Å². The van der Waals surface area contributed by atoms with Crippen molar-refractivity contribution in [3.05, 3.63) is 60.2 Å². The Bertz CT molecular complexity index is 618. The molecule has 0 fully saturated rings. The minimum atomic E-state index is -1.06. The number of thioether (sulfide) groups is 1. The van der Waals surface area contributed by atoms with Crippen molar-refractivity contribution in [1.82, 2.24) is 0 Å². The number of hydrogen-bond donors (Lipinski definition) is 3. The van der Waals surface area contributed by atoms with Gasteiger partial charge in [-0.1, -0.05) is 48.2 Å².